The van der Waals surface area contributed by atoms with Gasteiger partial charge >= 0.3 is 0 Å². The minimum Gasteiger partial charge on any atom is -0.354 e. The summed E-state index contributed by atoms with van der Waals surface area (Å²) < 4.78 is 9.74. The summed E-state index contributed by atoms with van der Waals surface area (Å²) in [5, 5.41) is 2.60. The molecule has 1 amide bonds. The van der Waals surface area contributed by atoms with E-state index in [9.17, 15) is 9.59 Å². The number of hydrogen-bond donors (Lipinski definition) is 1. The molecule has 82 valence electrons. The molecule has 0 radical (unpaired) electrons. The van der Waals surface area contributed by atoms with Gasteiger partial charge in [0.15, 0.2) is 6.29 Å². The molecule has 0 fully saturated rings. The van der Waals surface area contributed by atoms with Crippen LogP contribution in [-0.2, 0) is 19.1 Å². The number of methoxy groups -OCH3 is 2. The number of amides is 1. The molecule has 0 rings (SSSR count). The van der Waals surface area contributed by atoms with Gasteiger partial charge in [0.2, 0.25) is 5.91 Å². The van der Waals surface area contributed by atoms with Crippen LogP contribution in [0.3, 0.4) is 0 Å². The summed E-state index contributed by atoms with van der Waals surface area (Å²) >= 11 is 0. The standard InChI is InChI=1S/C9H17NO4/c1-7(11)4-5-8(12)10-6-9(13-2)14-3/h9H,4-6H2,1-3H3,(H,10,12). The lowest BCUT2D eigenvalue weighted by Crippen LogP contribution is -2.34. The van der Waals surface area contributed by atoms with Crippen LogP contribution in [0.25, 0.3) is 0 Å². The van der Waals surface area contributed by atoms with E-state index in [0.717, 1.165) is 0 Å². The largest absolute Gasteiger partial charge is 0.354 e. The van der Waals surface area contributed by atoms with Gasteiger partial charge in [-0.25, -0.2) is 0 Å². The zero-order chi connectivity index (χ0) is 11.0. The summed E-state index contributed by atoms with van der Waals surface area (Å²) in [6.45, 7) is 1.75. The van der Waals surface area contributed by atoms with E-state index in [-0.39, 0.29) is 24.5 Å². The number of carbonyl (C=O) groups is 2. The van der Waals surface area contributed by atoms with Crippen LogP contribution in [0, 0.1) is 0 Å². The van der Waals surface area contributed by atoms with Gasteiger partial charge in [0.25, 0.3) is 0 Å². The molecule has 14 heavy (non-hydrogen) atoms. The number of ether oxygens (including phenoxy) is 2. The van der Waals surface area contributed by atoms with Crippen LogP contribution < -0.4 is 5.32 Å². The Hall–Kier alpha value is -0.940. The summed E-state index contributed by atoms with van der Waals surface area (Å²) in [5.41, 5.74) is 0. The van der Waals surface area contributed by atoms with E-state index in [1.54, 1.807) is 0 Å². The van der Waals surface area contributed by atoms with Crippen LogP contribution >= 0.6 is 0 Å². The third-order valence-corrected chi connectivity index (χ3v) is 1.70. The lowest BCUT2D eigenvalue weighted by atomic mass is 10.2. The van der Waals surface area contributed by atoms with Crippen LogP contribution in [0.1, 0.15) is 19.8 Å². The quantitative estimate of drug-likeness (QED) is 0.596. The Morgan fingerprint density at radius 3 is 2.21 bits per heavy atom. The summed E-state index contributed by atoms with van der Waals surface area (Å²) in [5.74, 6) is -0.158. The third kappa shape index (κ3) is 6.56. The molecule has 0 spiro atoms. The lowest BCUT2D eigenvalue weighted by Gasteiger charge is -2.13. The Labute approximate surface area is 83.8 Å². The summed E-state index contributed by atoms with van der Waals surface area (Å²) in [6, 6.07) is 0. The Balaban J connectivity index is 3.57. The smallest absolute Gasteiger partial charge is 0.220 e. The first kappa shape index (κ1) is 13.1. The highest BCUT2D eigenvalue weighted by atomic mass is 16.7. The molecule has 0 aliphatic carbocycles. The molecule has 0 aromatic rings. The number of carbonyl (C=O) groups excluding carboxylic acids is 2. The second-order valence-corrected chi connectivity index (χ2v) is 2.91. The first-order valence-electron chi connectivity index (χ1n) is 4.42. The molecule has 0 aliphatic heterocycles. The van der Waals surface area contributed by atoms with Crippen molar-refractivity contribution < 1.29 is 19.1 Å². The molecular formula is C9H17NO4. The van der Waals surface area contributed by atoms with E-state index in [2.05, 4.69) is 5.32 Å². The first-order valence-corrected chi connectivity index (χ1v) is 4.42. The van der Waals surface area contributed by atoms with Crippen LogP contribution in [0.4, 0.5) is 0 Å². The summed E-state index contributed by atoms with van der Waals surface area (Å²) in [4.78, 5) is 21.7. The van der Waals surface area contributed by atoms with Crippen molar-refractivity contribution >= 4 is 11.7 Å². The predicted molar refractivity (Wildman–Crippen MR) is 50.7 cm³/mol. The second-order valence-electron chi connectivity index (χ2n) is 2.91. The van der Waals surface area contributed by atoms with E-state index in [1.165, 1.54) is 21.1 Å². The van der Waals surface area contributed by atoms with E-state index in [1.807, 2.05) is 0 Å². The van der Waals surface area contributed by atoms with Crippen molar-refractivity contribution in [2.24, 2.45) is 0 Å². The molecule has 0 bridgehead atoms. The number of ketones is 1. The average molecular weight is 203 g/mol. The van der Waals surface area contributed by atoms with Gasteiger partial charge in [-0.05, 0) is 6.92 Å². The van der Waals surface area contributed by atoms with Crippen LogP contribution in [0.5, 0.6) is 0 Å². The van der Waals surface area contributed by atoms with Crippen LogP contribution in [-0.4, -0.2) is 38.7 Å². The van der Waals surface area contributed by atoms with Gasteiger partial charge in [0.1, 0.15) is 5.78 Å². The average Bonchev–Trinajstić information content (AvgIpc) is 2.16. The van der Waals surface area contributed by atoms with Gasteiger partial charge in [-0.2, -0.15) is 0 Å². The van der Waals surface area contributed by atoms with E-state index >= 15 is 0 Å². The van der Waals surface area contributed by atoms with Crippen molar-refractivity contribution in [3.05, 3.63) is 0 Å². The molecule has 5 nitrogen and oxygen atoms in total. The Bertz CT molecular complexity index is 189. The highest BCUT2D eigenvalue weighted by Gasteiger charge is 2.08. The lowest BCUT2D eigenvalue weighted by molar-refractivity contribution is -0.129. The van der Waals surface area contributed by atoms with Gasteiger partial charge in [0.05, 0.1) is 6.54 Å². The number of Topliss-reactive ketones (excluding diaryl/α,β-unsaturated/α-hetero) is 1. The summed E-state index contributed by atoms with van der Waals surface area (Å²) in [6.07, 6.45) is 0.0580. The van der Waals surface area contributed by atoms with Gasteiger partial charge in [-0.3, -0.25) is 4.79 Å². The third-order valence-electron chi connectivity index (χ3n) is 1.70. The molecule has 0 heterocycles. The molecule has 0 saturated carbocycles. The molecular weight excluding hydrogens is 186 g/mol. The Kier molecular flexibility index (Phi) is 6.96. The van der Waals surface area contributed by atoms with Crippen molar-refractivity contribution in [1.82, 2.24) is 5.32 Å². The normalized spacial score (nSPS) is 10.3. The predicted octanol–water partition coefficient (Wildman–Crippen LogP) is 0.0907. The molecule has 0 aromatic heterocycles. The Morgan fingerprint density at radius 2 is 1.79 bits per heavy atom. The van der Waals surface area contributed by atoms with E-state index in [4.69, 9.17) is 9.47 Å². The zero-order valence-corrected chi connectivity index (χ0v) is 8.83. The first-order chi connectivity index (χ1) is 6.60. The second kappa shape index (κ2) is 7.46. The van der Waals surface area contributed by atoms with Crippen molar-refractivity contribution in [2.45, 2.75) is 26.1 Å². The highest BCUT2D eigenvalue weighted by molar-refractivity contribution is 5.83. The number of rotatable bonds is 7. The molecule has 0 aromatic carbocycles. The molecule has 0 unspecified atom stereocenters. The maximum atomic E-state index is 11.1. The van der Waals surface area contributed by atoms with E-state index < -0.39 is 6.29 Å². The van der Waals surface area contributed by atoms with Gasteiger partial charge in [0, 0.05) is 27.1 Å². The Morgan fingerprint density at radius 1 is 1.21 bits per heavy atom. The molecule has 0 atom stereocenters. The molecule has 5 heteroatoms. The minimum atomic E-state index is -0.434. The fourth-order valence-electron chi connectivity index (χ4n) is 0.838. The maximum Gasteiger partial charge on any atom is 0.220 e. The van der Waals surface area contributed by atoms with Crippen molar-refractivity contribution in [2.75, 3.05) is 20.8 Å². The van der Waals surface area contributed by atoms with Crippen LogP contribution in [0.15, 0.2) is 0 Å². The van der Waals surface area contributed by atoms with Gasteiger partial charge in [-0.1, -0.05) is 0 Å². The molecule has 0 saturated heterocycles. The van der Waals surface area contributed by atoms with Crippen molar-refractivity contribution in [3.8, 4) is 0 Å². The van der Waals surface area contributed by atoms with Crippen LogP contribution in [0.2, 0.25) is 0 Å². The van der Waals surface area contributed by atoms with Crippen molar-refractivity contribution in [1.29, 1.82) is 0 Å². The highest BCUT2D eigenvalue weighted by Crippen LogP contribution is 1.92. The fraction of sp³-hybridized carbons (Fsp3) is 0.778. The van der Waals surface area contributed by atoms with Gasteiger partial charge < -0.3 is 19.6 Å². The molecule has 0 aliphatic rings. The maximum absolute atomic E-state index is 11.1. The van der Waals surface area contributed by atoms with Crippen molar-refractivity contribution in [3.63, 3.8) is 0 Å². The monoisotopic (exact) mass is 203 g/mol. The zero-order valence-electron chi connectivity index (χ0n) is 8.83. The minimum absolute atomic E-state index is 0.00943. The fourth-order valence-corrected chi connectivity index (χ4v) is 0.838. The summed E-state index contributed by atoms with van der Waals surface area (Å²) in [7, 11) is 2.99. The van der Waals surface area contributed by atoms with E-state index in [0.29, 0.717) is 6.54 Å². The number of hydrogen-bond acceptors (Lipinski definition) is 4. The topological polar surface area (TPSA) is 64.6 Å². The SMILES string of the molecule is COC(CNC(=O)CCC(C)=O)OC. The molecule has 1 N–H and O–H groups in total. The van der Waals surface area contributed by atoms with Gasteiger partial charge in [-0.15, -0.1) is 0 Å². The number of nitrogens with one attached hydrogen (secondary N) is 1.